The Bertz CT molecular complexity index is 136. The van der Waals surface area contributed by atoms with Crippen LogP contribution in [0.15, 0.2) is 0 Å². The number of hydrogen-bond acceptors (Lipinski definition) is 2. The van der Waals surface area contributed by atoms with Gasteiger partial charge in [-0.15, -0.1) is 0 Å². The van der Waals surface area contributed by atoms with Crippen molar-refractivity contribution in [2.24, 2.45) is 5.92 Å². The Labute approximate surface area is 62.4 Å². The maximum atomic E-state index is 12.0. The molecule has 0 aromatic rings. The zero-order chi connectivity index (χ0) is 8.48. The maximum Gasteiger partial charge on any atom is 0.395 e. The standard InChI is InChI=1S/C6H10F3NO/c7-6(8,9)4-3-10-2-1-5(4)11/h4-5,10-11H,1-3H2/t4-,5+/m0/s1. The largest absolute Gasteiger partial charge is 0.395 e. The van der Waals surface area contributed by atoms with Crippen LogP contribution in [0.2, 0.25) is 0 Å². The van der Waals surface area contributed by atoms with Gasteiger partial charge in [-0.3, -0.25) is 0 Å². The number of hydrogen-bond donors (Lipinski definition) is 2. The fourth-order valence-corrected chi connectivity index (χ4v) is 1.18. The fourth-order valence-electron chi connectivity index (χ4n) is 1.18. The van der Waals surface area contributed by atoms with E-state index in [1.165, 1.54) is 0 Å². The Morgan fingerprint density at radius 1 is 1.36 bits per heavy atom. The van der Waals surface area contributed by atoms with Gasteiger partial charge in [0.25, 0.3) is 0 Å². The smallest absolute Gasteiger partial charge is 0.392 e. The molecule has 5 heteroatoms. The number of aliphatic hydroxyl groups excluding tert-OH is 1. The van der Waals surface area contributed by atoms with E-state index in [-0.39, 0.29) is 13.0 Å². The normalized spacial score (nSPS) is 33.8. The molecule has 1 fully saturated rings. The third-order valence-corrected chi connectivity index (χ3v) is 1.87. The third-order valence-electron chi connectivity index (χ3n) is 1.87. The molecule has 0 aromatic heterocycles. The van der Waals surface area contributed by atoms with Gasteiger partial charge in [0.15, 0.2) is 0 Å². The Hall–Kier alpha value is -0.290. The summed E-state index contributed by atoms with van der Waals surface area (Å²) in [4.78, 5) is 0. The summed E-state index contributed by atoms with van der Waals surface area (Å²) in [5, 5.41) is 11.5. The highest BCUT2D eigenvalue weighted by atomic mass is 19.4. The SMILES string of the molecule is O[C@@H]1CCNC[C@@H]1C(F)(F)F. The van der Waals surface area contributed by atoms with E-state index in [2.05, 4.69) is 5.32 Å². The minimum absolute atomic E-state index is 0.162. The average Bonchev–Trinajstić information content (AvgIpc) is 1.86. The van der Waals surface area contributed by atoms with Gasteiger partial charge in [-0.05, 0) is 13.0 Å². The van der Waals surface area contributed by atoms with Crippen LogP contribution < -0.4 is 5.32 Å². The highest BCUT2D eigenvalue weighted by molar-refractivity contribution is 4.82. The first-order valence-electron chi connectivity index (χ1n) is 3.47. The molecule has 1 rings (SSSR count). The van der Waals surface area contributed by atoms with Gasteiger partial charge in [0, 0.05) is 6.54 Å². The second kappa shape index (κ2) is 2.98. The quantitative estimate of drug-likeness (QED) is 0.554. The van der Waals surface area contributed by atoms with Crippen LogP contribution in [0.25, 0.3) is 0 Å². The topological polar surface area (TPSA) is 32.3 Å². The Kier molecular flexibility index (Phi) is 2.39. The molecule has 2 nitrogen and oxygen atoms in total. The van der Waals surface area contributed by atoms with Crippen LogP contribution in [-0.2, 0) is 0 Å². The zero-order valence-electron chi connectivity index (χ0n) is 5.86. The van der Waals surface area contributed by atoms with Crippen molar-refractivity contribution in [2.45, 2.75) is 18.7 Å². The van der Waals surface area contributed by atoms with Crippen molar-refractivity contribution in [3.05, 3.63) is 0 Å². The van der Waals surface area contributed by atoms with Gasteiger partial charge in [-0.25, -0.2) is 0 Å². The van der Waals surface area contributed by atoms with Gasteiger partial charge < -0.3 is 10.4 Å². The fraction of sp³-hybridized carbons (Fsp3) is 1.00. The molecular formula is C6H10F3NO. The predicted molar refractivity (Wildman–Crippen MR) is 33.0 cm³/mol. The summed E-state index contributed by atoms with van der Waals surface area (Å²) in [5.74, 6) is -1.59. The van der Waals surface area contributed by atoms with Gasteiger partial charge >= 0.3 is 6.18 Å². The lowest BCUT2D eigenvalue weighted by Gasteiger charge is -2.29. The minimum Gasteiger partial charge on any atom is -0.392 e. The number of nitrogens with one attached hydrogen (secondary N) is 1. The van der Waals surface area contributed by atoms with E-state index < -0.39 is 18.2 Å². The van der Waals surface area contributed by atoms with Crippen molar-refractivity contribution in [3.63, 3.8) is 0 Å². The molecule has 0 bridgehead atoms. The van der Waals surface area contributed by atoms with Gasteiger partial charge in [0.1, 0.15) is 0 Å². The van der Waals surface area contributed by atoms with Gasteiger partial charge in [0.05, 0.1) is 12.0 Å². The Balaban J connectivity index is 2.55. The molecular weight excluding hydrogens is 159 g/mol. The van der Waals surface area contributed by atoms with Crippen molar-refractivity contribution in [1.29, 1.82) is 0 Å². The molecule has 0 spiro atoms. The van der Waals surface area contributed by atoms with E-state index in [4.69, 9.17) is 5.11 Å². The molecule has 1 heterocycles. The molecule has 0 aromatic carbocycles. The summed E-state index contributed by atoms with van der Waals surface area (Å²) < 4.78 is 36.0. The number of alkyl halides is 3. The molecule has 2 N–H and O–H groups in total. The second-order valence-electron chi connectivity index (χ2n) is 2.71. The van der Waals surface area contributed by atoms with Gasteiger partial charge in [-0.2, -0.15) is 13.2 Å². The molecule has 66 valence electrons. The predicted octanol–water partition coefficient (Wildman–Crippen LogP) is 0.519. The molecule has 0 amide bonds. The van der Waals surface area contributed by atoms with E-state index >= 15 is 0 Å². The zero-order valence-corrected chi connectivity index (χ0v) is 5.86. The highest BCUT2D eigenvalue weighted by Crippen LogP contribution is 2.30. The van der Waals surface area contributed by atoms with Crippen LogP contribution >= 0.6 is 0 Å². The highest BCUT2D eigenvalue weighted by Gasteiger charge is 2.44. The van der Waals surface area contributed by atoms with Crippen LogP contribution in [0.4, 0.5) is 13.2 Å². The van der Waals surface area contributed by atoms with Crippen LogP contribution in [0, 0.1) is 5.92 Å². The molecule has 1 saturated heterocycles. The number of piperidine rings is 1. The van der Waals surface area contributed by atoms with Crippen molar-refractivity contribution < 1.29 is 18.3 Å². The Morgan fingerprint density at radius 2 is 2.00 bits per heavy atom. The summed E-state index contributed by atoms with van der Waals surface area (Å²) in [6.07, 6.45) is -5.31. The van der Waals surface area contributed by atoms with Crippen molar-refractivity contribution in [1.82, 2.24) is 5.32 Å². The molecule has 1 aliphatic rings. The van der Waals surface area contributed by atoms with Crippen molar-refractivity contribution in [2.75, 3.05) is 13.1 Å². The first kappa shape index (κ1) is 8.80. The molecule has 0 aliphatic carbocycles. The summed E-state index contributed by atoms with van der Waals surface area (Å²) in [6, 6.07) is 0. The first-order valence-corrected chi connectivity index (χ1v) is 3.47. The van der Waals surface area contributed by atoms with E-state index in [0.717, 1.165) is 0 Å². The van der Waals surface area contributed by atoms with E-state index in [9.17, 15) is 13.2 Å². The average molecular weight is 169 g/mol. The first-order chi connectivity index (χ1) is 5.02. The van der Waals surface area contributed by atoms with E-state index in [1.807, 2.05) is 0 Å². The lowest BCUT2D eigenvalue weighted by atomic mass is 9.96. The van der Waals surface area contributed by atoms with Crippen LogP contribution in [0.3, 0.4) is 0 Å². The second-order valence-corrected chi connectivity index (χ2v) is 2.71. The molecule has 0 radical (unpaired) electrons. The molecule has 11 heavy (non-hydrogen) atoms. The molecule has 2 atom stereocenters. The van der Waals surface area contributed by atoms with Gasteiger partial charge in [-0.1, -0.05) is 0 Å². The van der Waals surface area contributed by atoms with Gasteiger partial charge in [0.2, 0.25) is 0 Å². The van der Waals surface area contributed by atoms with Crippen LogP contribution in [-0.4, -0.2) is 30.5 Å². The van der Waals surface area contributed by atoms with Crippen LogP contribution in [0.1, 0.15) is 6.42 Å². The lowest BCUT2D eigenvalue weighted by Crippen LogP contribution is -2.47. The van der Waals surface area contributed by atoms with E-state index in [1.54, 1.807) is 0 Å². The molecule has 0 saturated carbocycles. The molecule has 1 aliphatic heterocycles. The lowest BCUT2D eigenvalue weighted by molar-refractivity contribution is -0.203. The van der Waals surface area contributed by atoms with Crippen LogP contribution in [0.5, 0.6) is 0 Å². The van der Waals surface area contributed by atoms with Crippen molar-refractivity contribution in [3.8, 4) is 0 Å². The number of rotatable bonds is 0. The number of halogens is 3. The number of aliphatic hydroxyl groups is 1. The summed E-state index contributed by atoms with van der Waals surface area (Å²) in [5.41, 5.74) is 0. The molecule has 0 unspecified atom stereocenters. The monoisotopic (exact) mass is 169 g/mol. The minimum atomic E-state index is -4.27. The van der Waals surface area contributed by atoms with Crippen molar-refractivity contribution >= 4 is 0 Å². The summed E-state index contributed by atoms with van der Waals surface area (Å²) in [6.45, 7) is 0.304. The maximum absolute atomic E-state index is 12.0. The van der Waals surface area contributed by atoms with E-state index in [0.29, 0.717) is 6.54 Å². The Morgan fingerprint density at radius 3 is 2.36 bits per heavy atom. The third kappa shape index (κ3) is 2.07. The summed E-state index contributed by atoms with van der Waals surface area (Å²) >= 11 is 0. The summed E-state index contributed by atoms with van der Waals surface area (Å²) in [7, 11) is 0.